The lowest BCUT2D eigenvalue weighted by molar-refractivity contribution is -0.132. The minimum absolute atomic E-state index is 0.136. The number of hydrogen-bond donors (Lipinski definition) is 3. The fraction of sp³-hybridized carbons (Fsp3) is 0.400. The zero-order valence-corrected chi connectivity index (χ0v) is 8.95. The smallest absolute Gasteiger partial charge is 0.330 e. The third-order valence-electron chi connectivity index (χ3n) is 1.23. The van der Waals surface area contributed by atoms with E-state index in [4.69, 9.17) is 10.8 Å². The standard InChI is InChI=1S/C6H12N2O.C4H6O2/c1-2-6(9)8-5-3-4-7;1-3(2)4(5)6/h2H,1,3-5,7H2,(H,8,9);1H2,2H3,(H,5,6). The number of carboxylic acids is 1. The van der Waals surface area contributed by atoms with Crippen LogP contribution in [0.3, 0.4) is 0 Å². The molecule has 0 aliphatic carbocycles. The Bertz CT molecular complexity index is 225. The molecular weight excluding hydrogens is 196 g/mol. The summed E-state index contributed by atoms with van der Waals surface area (Å²) in [6, 6.07) is 0. The van der Waals surface area contributed by atoms with Crippen LogP contribution >= 0.6 is 0 Å². The first-order valence-electron chi connectivity index (χ1n) is 4.44. The Balaban J connectivity index is 0. The topological polar surface area (TPSA) is 92.4 Å². The van der Waals surface area contributed by atoms with E-state index < -0.39 is 5.97 Å². The second-order valence-corrected chi connectivity index (χ2v) is 2.72. The largest absolute Gasteiger partial charge is 0.478 e. The molecule has 0 aromatic rings. The van der Waals surface area contributed by atoms with Gasteiger partial charge in [-0.15, -0.1) is 0 Å². The lowest BCUT2D eigenvalue weighted by atomic mass is 10.4. The van der Waals surface area contributed by atoms with E-state index in [1.54, 1.807) is 0 Å². The van der Waals surface area contributed by atoms with Gasteiger partial charge in [-0.2, -0.15) is 0 Å². The van der Waals surface area contributed by atoms with Gasteiger partial charge in [-0.1, -0.05) is 13.2 Å². The zero-order chi connectivity index (χ0) is 12.3. The summed E-state index contributed by atoms with van der Waals surface area (Å²) in [5, 5.41) is 10.5. The van der Waals surface area contributed by atoms with Gasteiger partial charge in [0.2, 0.25) is 5.91 Å². The van der Waals surface area contributed by atoms with Crippen molar-refractivity contribution in [2.24, 2.45) is 5.73 Å². The monoisotopic (exact) mass is 214 g/mol. The molecule has 5 heteroatoms. The van der Waals surface area contributed by atoms with Crippen LogP contribution in [0.4, 0.5) is 0 Å². The maximum Gasteiger partial charge on any atom is 0.330 e. The molecule has 0 saturated heterocycles. The molecule has 0 aromatic heterocycles. The predicted octanol–water partition coefficient (Wildman–Crippen LogP) is 0.285. The molecule has 0 aromatic carbocycles. The zero-order valence-electron chi connectivity index (χ0n) is 8.95. The molecule has 0 fully saturated rings. The first kappa shape index (κ1) is 15.8. The van der Waals surface area contributed by atoms with Crippen LogP contribution in [-0.4, -0.2) is 30.1 Å². The number of carbonyl (C=O) groups is 2. The van der Waals surface area contributed by atoms with Crippen LogP contribution in [0.1, 0.15) is 13.3 Å². The predicted molar refractivity (Wildman–Crippen MR) is 59.3 cm³/mol. The van der Waals surface area contributed by atoms with Crippen LogP contribution in [0.25, 0.3) is 0 Å². The first-order chi connectivity index (χ1) is 6.95. The molecule has 4 N–H and O–H groups in total. The molecule has 0 bridgehead atoms. The summed E-state index contributed by atoms with van der Waals surface area (Å²) in [6.45, 7) is 9.15. The quantitative estimate of drug-likeness (QED) is 0.453. The van der Waals surface area contributed by atoms with Crippen LogP contribution in [0.15, 0.2) is 24.8 Å². The van der Waals surface area contributed by atoms with Crippen molar-refractivity contribution >= 4 is 11.9 Å². The van der Waals surface area contributed by atoms with Gasteiger partial charge in [-0.05, 0) is 26.0 Å². The first-order valence-corrected chi connectivity index (χ1v) is 4.44. The molecule has 0 aliphatic rings. The van der Waals surface area contributed by atoms with Gasteiger partial charge in [-0.25, -0.2) is 4.79 Å². The summed E-state index contributed by atoms with van der Waals surface area (Å²) in [7, 11) is 0. The van der Waals surface area contributed by atoms with Crippen molar-refractivity contribution in [2.45, 2.75) is 13.3 Å². The normalized spacial score (nSPS) is 8.13. The Hall–Kier alpha value is -1.62. The minimum Gasteiger partial charge on any atom is -0.478 e. The third kappa shape index (κ3) is 15.2. The third-order valence-corrected chi connectivity index (χ3v) is 1.23. The molecular formula is C10H18N2O3. The Morgan fingerprint density at radius 1 is 1.53 bits per heavy atom. The number of carbonyl (C=O) groups excluding carboxylic acids is 1. The van der Waals surface area contributed by atoms with Gasteiger partial charge in [0.1, 0.15) is 0 Å². The van der Waals surface area contributed by atoms with Crippen molar-refractivity contribution in [1.82, 2.24) is 5.32 Å². The Morgan fingerprint density at radius 2 is 2.00 bits per heavy atom. The van der Waals surface area contributed by atoms with Crippen LogP contribution in [0.2, 0.25) is 0 Å². The lowest BCUT2D eigenvalue weighted by Gasteiger charge is -1.97. The van der Waals surface area contributed by atoms with Crippen molar-refractivity contribution in [3.05, 3.63) is 24.8 Å². The van der Waals surface area contributed by atoms with E-state index >= 15 is 0 Å². The average molecular weight is 214 g/mol. The summed E-state index contributed by atoms with van der Waals surface area (Å²) in [5.41, 5.74) is 5.35. The molecule has 0 rings (SSSR count). The van der Waals surface area contributed by atoms with Crippen LogP contribution < -0.4 is 11.1 Å². The van der Waals surface area contributed by atoms with Crippen LogP contribution in [0, 0.1) is 0 Å². The highest BCUT2D eigenvalue weighted by Gasteiger charge is 1.90. The molecule has 0 heterocycles. The molecule has 1 amide bonds. The van der Waals surface area contributed by atoms with E-state index in [-0.39, 0.29) is 11.5 Å². The number of rotatable bonds is 5. The van der Waals surface area contributed by atoms with E-state index in [1.165, 1.54) is 13.0 Å². The molecule has 15 heavy (non-hydrogen) atoms. The maximum atomic E-state index is 10.4. The number of nitrogens with one attached hydrogen (secondary N) is 1. The van der Waals surface area contributed by atoms with Crippen LogP contribution in [0.5, 0.6) is 0 Å². The van der Waals surface area contributed by atoms with E-state index in [1.807, 2.05) is 0 Å². The van der Waals surface area contributed by atoms with Crippen LogP contribution in [-0.2, 0) is 9.59 Å². The van der Waals surface area contributed by atoms with E-state index in [9.17, 15) is 9.59 Å². The van der Waals surface area contributed by atoms with Gasteiger partial charge >= 0.3 is 5.97 Å². The van der Waals surface area contributed by atoms with Gasteiger partial charge in [0.05, 0.1) is 0 Å². The second kappa shape index (κ2) is 10.5. The van der Waals surface area contributed by atoms with E-state index in [0.29, 0.717) is 13.1 Å². The summed E-state index contributed by atoms with van der Waals surface area (Å²) >= 11 is 0. The van der Waals surface area contributed by atoms with Crippen molar-refractivity contribution in [1.29, 1.82) is 0 Å². The average Bonchev–Trinajstić information content (AvgIpc) is 2.18. The van der Waals surface area contributed by atoms with Gasteiger partial charge in [0, 0.05) is 12.1 Å². The molecule has 0 aliphatic heterocycles. The Labute approximate surface area is 89.7 Å². The highest BCUT2D eigenvalue weighted by molar-refractivity contribution is 5.86. The summed E-state index contributed by atoms with van der Waals surface area (Å²) < 4.78 is 0. The molecule has 5 nitrogen and oxygen atoms in total. The molecule has 86 valence electrons. The van der Waals surface area contributed by atoms with Crippen molar-refractivity contribution in [3.63, 3.8) is 0 Å². The number of nitrogens with two attached hydrogens (primary N) is 1. The second-order valence-electron chi connectivity index (χ2n) is 2.72. The van der Waals surface area contributed by atoms with Crippen molar-refractivity contribution in [3.8, 4) is 0 Å². The Kier molecular flexibility index (Phi) is 11.0. The molecule has 0 atom stereocenters. The molecule has 0 unspecified atom stereocenters. The van der Waals surface area contributed by atoms with Gasteiger partial charge in [0.25, 0.3) is 0 Å². The van der Waals surface area contributed by atoms with Gasteiger partial charge < -0.3 is 16.2 Å². The summed E-state index contributed by atoms with van der Waals surface area (Å²) in [4.78, 5) is 20.0. The molecule has 0 spiro atoms. The highest BCUT2D eigenvalue weighted by Crippen LogP contribution is 1.81. The van der Waals surface area contributed by atoms with Gasteiger partial charge in [0.15, 0.2) is 0 Å². The lowest BCUT2D eigenvalue weighted by Crippen LogP contribution is -2.23. The summed E-state index contributed by atoms with van der Waals surface area (Å²) in [6.07, 6.45) is 2.07. The van der Waals surface area contributed by atoms with Crippen molar-refractivity contribution < 1.29 is 14.7 Å². The minimum atomic E-state index is -0.935. The Morgan fingerprint density at radius 3 is 2.27 bits per heavy atom. The number of carboxylic acid groups (broad SMARTS) is 1. The molecule has 0 saturated carbocycles. The number of amides is 1. The fourth-order valence-electron chi connectivity index (χ4n) is 0.386. The highest BCUT2D eigenvalue weighted by atomic mass is 16.4. The van der Waals surface area contributed by atoms with Crippen molar-refractivity contribution in [2.75, 3.05) is 13.1 Å². The van der Waals surface area contributed by atoms with E-state index in [2.05, 4.69) is 18.5 Å². The maximum absolute atomic E-state index is 10.4. The molecule has 0 radical (unpaired) electrons. The number of aliphatic carboxylic acids is 1. The summed E-state index contributed by atoms with van der Waals surface area (Å²) in [5.74, 6) is -1.07. The van der Waals surface area contributed by atoms with E-state index in [0.717, 1.165) is 6.42 Å². The number of hydrogen-bond acceptors (Lipinski definition) is 3. The van der Waals surface area contributed by atoms with Gasteiger partial charge in [-0.3, -0.25) is 4.79 Å². The SMILES string of the molecule is C=C(C)C(=O)O.C=CC(=O)NCCCN. The fourth-order valence-corrected chi connectivity index (χ4v) is 0.386.